The van der Waals surface area contributed by atoms with E-state index in [4.69, 9.17) is 4.74 Å². The smallest absolute Gasteiger partial charge is 0.319 e. The Morgan fingerprint density at radius 2 is 1.68 bits per heavy atom. The molecule has 0 radical (unpaired) electrons. The van der Waals surface area contributed by atoms with E-state index in [9.17, 15) is 4.79 Å². The van der Waals surface area contributed by atoms with Crippen molar-refractivity contribution in [3.05, 3.63) is 24.3 Å². The van der Waals surface area contributed by atoms with Gasteiger partial charge in [-0.3, -0.25) is 0 Å². The van der Waals surface area contributed by atoms with Crippen molar-refractivity contribution in [1.82, 2.24) is 9.80 Å². The van der Waals surface area contributed by atoms with Crippen molar-refractivity contribution >= 4 is 11.7 Å². The van der Waals surface area contributed by atoms with Crippen LogP contribution in [0, 0.1) is 0 Å². The maximum Gasteiger partial charge on any atom is 0.319 e. The molecule has 0 atom stereocenters. The number of rotatable bonds is 2. The molecule has 0 aliphatic carbocycles. The van der Waals surface area contributed by atoms with Crippen LogP contribution in [-0.2, 0) is 0 Å². The molecule has 104 valence electrons. The maximum absolute atomic E-state index is 11.8. The van der Waals surface area contributed by atoms with Gasteiger partial charge in [0.05, 0.1) is 7.11 Å². The van der Waals surface area contributed by atoms with Crippen molar-refractivity contribution in [3.8, 4) is 5.75 Å². The van der Waals surface area contributed by atoms with E-state index in [2.05, 4.69) is 17.0 Å². The van der Waals surface area contributed by atoms with Crippen LogP contribution in [0.25, 0.3) is 0 Å². The summed E-state index contributed by atoms with van der Waals surface area (Å²) >= 11 is 0. The van der Waals surface area contributed by atoms with Crippen molar-refractivity contribution in [3.63, 3.8) is 0 Å². The third kappa shape index (κ3) is 3.10. The van der Waals surface area contributed by atoms with Crippen molar-refractivity contribution < 1.29 is 9.53 Å². The van der Waals surface area contributed by atoms with Crippen molar-refractivity contribution in [2.45, 2.75) is 0 Å². The van der Waals surface area contributed by atoms with Gasteiger partial charge in [-0.2, -0.15) is 0 Å². The molecule has 0 unspecified atom stereocenters. The first-order chi connectivity index (χ1) is 9.11. The Morgan fingerprint density at radius 3 is 2.16 bits per heavy atom. The van der Waals surface area contributed by atoms with Gasteiger partial charge in [-0.25, -0.2) is 4.79 Å². The maximum atomic E-state index is 11.8. The highest BCUT2D eigenvalue weighted by atomic mass is 16.5. The third-order valence-corrected chi connectivity index (χ3v) is 3.37. The molecule has 1 aliphatic heterocycles. The van der Waals surface area contributed by atoms with Gasteiger partial charge in [-0.05, 0) is 24.3 Å². The van der Waals surface area contributed by atoms with Gasteiger partial charge in [-0.1, -0.05) is 0 Å². The van der Waals surface area contributed by atoms with Crippen LogP contribution < -0.4 is 9.64 Å². The lowest BCUT2D eigenvalue weighted by Gasteiger charge is -2.37. The Morgan fingerprint density at radius 1 is 1.11 bits per heavy atom. The summed E-state index contributed by atoms with van der Waals surface area (Å²) in [4.78, 5) is 17.6. The summed E-state index contributed by atoms with van der Waals surface area (Å²) in [6.45, 7) is 3.27. The Bertz CT molecular complexity index is 423. The van der Waals surface area contributed by atoms with Crippen molar-refractivity contribution in [2.24, 2.45) is 0 Å². The van der Waals surface area contributed by atoms with E-state index in [0.29, 0.717) is 0 Å². The van der Waals surface area contributed by atoms with E-state index in [1.807, 2.05) is 17.0 Å². The number of nitrogens with zero attached hydrogens (tertiary/aromatic N) is 3. The number of anilines is 1. The normalized spacial score (nSPS) is 15.3. The van der Waals surface area contributed by atoms with Gasteiger partial charge < -0.3 is 19.4 Å². The number of hydrogen-bond donors (Lipinski definition) is 0. The number of ether oxygens (including phenoxy) is 1. The van der Waals surface area contributed by atoms with Gasteiger partial charge >= 0.3 is 6.03 Å². The fourth-order valence-corrected chi connectivity index (χ4v) is 2.23. The number of benzene rings is 1. The zero-order valence-corrected chi connectivity index (χ0v) is 11.8. The molecule has 0 spiro atoms. The summed E-state index contributed by atoms with van der Waals surface area (Å²) in [5, 5.41) is 0. The van der Waals surface area contributed by atoms with E-state index in [-0.39, 0.29) is 6.03 Å². The Kier molecular flexibility index (Phi) is 4.14. The lowest BCUT2D eigenvalue weighted by Crippen LogP contribution is -2.51. The molecule has 1 fully saturated rings. The molecule has 0 bridgehead atoms. The molecule has 2 amide bonds. The SMILES string of the molecule is COc1ccc(N2CCN(C(=O)N(C)C)CC2)cc1. The number of carbonyl (C=O) groups is 1. The molecule has 1 aromatic carbocycles. The summed E-state index contributed by atoms with van der Waals surface area (Å²) < 4.78 is 5.15. The molecule has 5 nitrogen and oxygen atoms in total. The molecule has 0 saturated carbocycles. The van der Waals surface area contributed by atoms with E-state index < -0.39 is 0 Å². The van der Waals surface area contributed by atoms with Gasteiger partial charge in [0.1, 0.15) is 5.75 Å². The van der Waals surface area contributed by atoms with Crippen molar-refractivity contribution in [2.75, 3.05) is 52.3 Å². The average molecular weight is 263 g/mol. The van der Waals surface area contributed by atoms with Crippen LogP contribution in [0.2, 0.25) is 0 Å². The molecule has 1 heterocycles. The van der Waals surface area contributed by atoms with E-state index in [1.165, 1.54) is 5.69 Å². The average Bonchev–Trinajstić information content (AvgIpc) is 2.46. The highest BCUT2D eigenvalue weighted by molar-refractivity contribution is 5.74. The van der Waals surface area contributed by atoms with Crippen molar-refractivity contribution in [1.29, 1.82) is 0 Å². The largest absolute Gasteiger partial charge is 0.497 e. The number of carbonyl (C=O) groups excluding carboxylic acids is 1. The Balaban J connectivity index is 1.94. The fourth-order valence-electron chi connectivity index (χ4n) is 2.23. The topological polar surface area (TPSA) is 36.0 Å². The molecule has 1 saturated heterocycles. The summed E-state index contributed by atoms with van der Waals surface area (Å²) in [7, 11) is 5.25. The quantitative estimate of drug-likeness (QED) is 0.811. The van der Waals surface area contributed by atoms with Crippen LogP contribution in [0.4, 0.5) is 10.5 Å². The zero-order chi connectivity index (χ0) is 13.8. The summed E-state index contributed by atoms with van der Waals surface area (Å²) in [5.41, 5.74) is 1.18. The van der Waals surface area contributed by atoms with Gasteiger partial charge in [0.25, 0.3) is 0 Å². The third-order valence-electron chi connectivity index (χ3n) is 3.37. The Labute approximate surface area is 114 Å². The van der Waals surface area contributed by atoms with Crippen LogP contribution in [0.5, 0.6) is 5.75 Å². The minimum absolute atomic E-state index is 0.0920. The number of methoxy groups -OCH3 is 1. The first kappa shape index (κ1) is 13.5. The minimum Gasteiger partial charge on any atom is -0.497 e. The number of hydrogen-bond acceptors (Lipinski definition) is 3. The second-order valence-electron chi connectivity index (χ2n) is 4.85. The van der Waals surface area contributed by atoms with E-state index >= 15 is 0 Å². The predicted octanol–water partition coefficient (Wildman–Crippen LogP) is 1.50. The summed E-state index contributed by atoms with van der Waals surface area (Å²) in [5.74, 6) is 0.866. The van der Waals surface area contributed by atoms with E-state index in [0.717, 1.165) is 31.9 Å². The Hall–Kier alpha value is -1.91. The summed E-state index contributed by atoms with van der Waals surface area (Å²) in [6.07, 6.45) is 0. The predicted molar refractivity (Wildman–Crippen MR) is 75.9 cm³/mol. The fraction of sp³-hybridized carbons (Fsp3) is 0.500. The molecule has 19 heavy (non-hydrogen) atoms. The molecule has 5 heteroatoms. The first-order valence-corrected chi connectivity index (χ1v) is 6.47. The molecular weight excluding hydrogens is 242 g/mol. The van der Waals surface area contributed by atoms with E-state index in [1.54, 1.807) is 26.1 Å². The summed E-state index contributed by atoms with van der Waals surface area (Å²) in [6, 6.07) is 8.14. The molecule has 1 aliphatic rings. The standard InChI is InChI=1S/C14H21N3O2/c1-15(2)14(18)17-10-8-16(9-11-17)12-4-6-13(19-3)7-5-12/h4-7H,8-11H2,1-3H3. The molecular formula is C14H21N3O2. The molecule has 0 N–H and O–H groups in total. The monoisotopic (exact) mass is 263 g/mol. The molecule has 0 aromatic heterocycles. The zero-order valence-electron chi connectivity index (χ0n) is 11.8. The highest BCUT2D eigenvalue weighted by Gasteiger charge is 2.22. The van der Waals surface area contributed by atoms with Gasteiger partial charge in [-0.15, -0.1) is 0 Å². The number of piperazine rings is 1. The van der Waals surface area contributed by atoms with Gasteiger partial charge in [0, 0.05) is 46.0 Å². The minimum atomic E-state index is 0.0920. The van der Waals surface area contributed by atoms with Gasteiger partial charge in [0.15, 0.2) is 0 Å². The van der Waals surface area contributed by atoms with Crippen LogP contribution in [0.15, 0.2) is 24.3 Å². The second kappa shape index (κ2) is 5.82. The number of urea groups is 1. The molecule has 1 aromatic rings. The first-order valence-electron chi connectivity index (χ1n) is 6.47. The second-order valence-corrected chi connectivity index (χ2v) is 4.85. The molecule has 2 rings (SSSR count). The highest BCUT2D eigenvalue weighted by Crippen LogP contribution is 2.20. The number of amides is 2. The van der Waals surface area contributed by atoms with Gasteiger partial charge in [0.2, 0.25) is 0 Å². The lowest BCUT2D eigenvalue weighted by atomic mass is 10.2. The van der Waals surface area contributed by atoms with Crippen LogP contribution in [-0.4, -0.2) is 63.2 Å². The van der Waals surface area contributed by atoms with Crippen LogP contribution >= 0.6 is 0 Å². The lowest BCUT2D eigenvalue weighted by molar-refractivity contribution is 0.168. The van der Waals surface area contributed by atoms with Crippen LogP contribution in [0.3, 0.4) is 0 Å². The van der Waals surface area contributed by atoms with Crippen LogP contribution in [0.1, 0.15) is 0 Å².